The van der Waals surface area contributed by atoms with Gasteiger partial charge in [-0.25, -0.2) is 4.98 Å². The molecule has 2 atom stereocenters. The Bertz CT molecular complexity index is 318. The SMILES string of the molecule is OC1(S)CC(Nc2ccccn2)CCO1. The molecule has 1 aliphatic heterocycles. The summed E-state index contributed by atoms with van der Waals surface area (Å²) in [6.07, 6.45) is 3.03. The summed E-state index contributed by atoms with van der Waals surface area (Å²) in [5.41, 5.74) is 0. The van der Waals surface area contributed by atoms with E-state index < -0.39 is 5.12 Å². The third-order valence-corrected chi connectivity index (χ3v) is 2.64. The standard InChI is InChI=1S/C10H14N2O2S/c13-10(15)7-8(4-6-14-10)12-9-3-1-2-5-11-9/h1-3,5,8,13,15H,4,6-7H2,(H,11,12). The maximum atomic E-state index is 9.60. The number of thiol groups is 1. The lowest BCUT2D eigenvalue weighted by atomic mass is 10.1. The second kappa shape index (κ2) is 4.38. The highest BCUT2D eigenvalue weighted by atomic mass is 32.1. The minimum absolute atomic E-state index is 0.149. The van der Waals surface area contributed by atoms with Gasteiger partial charge in [-0.3, -0.25) is 0 Å². The molecule has 0 bridgehead atoms. The molecule has 2 N–H and O–H groups in total. The zero-order chi connectivity index (χ0) is 10.7. The van der Waals surface area contributed by atoms with Crippen LogP contribution in [0.5, 0.6) is 0 Å². The molecule has 0 amide bonds. The summed E-state index contributed by atoms with van der Waals surface area (Å²) in [7, 11) is 0. The predicted molar refractivity (Wildman–Crippen MR) is 60.8 cm³/mol. The van der Waals surface area contributed by atoms with Crippen LogP contribution in [-0.4, -0.2) is 27.9 Å². The van der Waals surface area contributed by atoms with Gasteiger partial charge in [-0.05, 0) is 18.6 Å². The lowest BCUT2D eigenvalue weighted by molar-refractivity contribution is -0.154. The summed E-state index contributed by atoms with van der Waals surface area (Å²) in [4.78, 5) is 4.16. The lowest BCUT2D eigenvalue weighted by Crippen LogP contribution is -2.40. The summed E-state index contributed by atoms with van der Waals surface area (Å²) in [5.74, 6) is 0.813. The monoisotopic (exact) mass is 226 g/mol. The highest BCUT2D eigenvalue weighted by molar-refractivity contribution is 7.81. The van der Waals surface area contributed by atoms with Crippen LogP contribution in [0.2, 0.25) is 0 Å². The first-order valence-electron chi connectivity index (χ1n) is 4.92. The zero-order valence-corrected chi connectivity index (χ0v) is 9.15. The Kier molecular flexibility index (Phi) is 3.14. The molecule has 15 heavy (non-hydrogen) atoms. The van der Waals surface area contributed by atoms with Gasteiger partial charge in [0.05, 0.1) is 6.61 Å². The molecule has 0 aliphatic carbocycles. The number of ether oxygens (including phenoxy) is 1. The summed E-state index contributed by atoms with van der Waals surface area (Å²) in [5, 5.41) is 11.5. The number of nitrogens with one attached hydrogen (secondary N) is 1. The van der Waals surface area contributed by atoms with E-state index in [1.807, 2.05) is 18.2 Å². The molecule has 1 fully saturated rings. The molecule has 2 rings (SSSR count). The number of hydrogen-bond donors (Lipinski definition) is 3. The lowest BCUT2D eigenvalue weighted by Gasteiger charge is -2.33. The number of pyridine rings is 1. The minimum atomic E-state index is -1.31. The fourth-order valence-corrected chi connectivity index (χ4v) is 1.94. The van der Waals surface area contributed by atoms with Crippen molar-refractivity contribution < 1.29 is 9.84 Å². The van der Waals surface area contributed by atoms with Gasteiger partial charge in [0.2, 0.25) is 5.12 Å². The van der Waals surface area contributed by atoms with E-state index >= 15 is 0 Å². The molecule has 0 spiro atoms. The first-order valence-corrected chi connectivity index (χ1v) is 5.37. The van der Waals surface area contributed by atoms with Crippen molar-refractivity contribution in [3.8, 4) is 0 Å². The van der Waals surface area contributed by atoms with Crippen LogP contribution in [0.25, 0.3) is 0 Å². The normalized spacial score (nSPS) is 31.2. The molecular weight excluding hydrogens is 212 g/mol. The molecule has 1 aromatic rings. The summed E-state index contributed by atoms with van der Waals surface area (Å²) >= 11 is 4.02. The van der Waals surface area contributed by atoms with Gasteiger partial charge in [-0.1, -0.05) is 6.07 Å². The van der Waals surface area contributed by atoms with E-state index in [1.54, 1.807) is 6.20 Å². The van der Waals surface area contributed by atoms with E-state index in [4.69, 9.17) is 4.74 Å². The smallest absolute Gasteiger partial charge is 0.214 e. The molecule has 1 saturated heterocycles. The fraction of sp³-hybridized carbons (Fsp3) is 0.500. The number of aliphatic hydroxyl groups is 1. The van der Waals surface area contributed by atoms with Crippen molar-refractivity contribution >= 4 is 18.4 Å². The average Bonchev–Trinajstić information content (AvgIpc) is 2.17. The van der Waals surface area contributed by atoms with Crippen molar-refractivity contribution in [2.75, 3.05) is 11.9 Å². The van der Waals surface area contributed by atoms with Crippen molar-refractivity contribution in [2.45, 2.75) is 24.0 Å². The van der Waals surface area contributed by atoms with Crippen molar-refractivity contribution in [3.05, 3.63) is 24.4 Å². The summed E-state index contributed by atoms with van der Waals surface area (Å²) in [6.45, 7) is 0.504. The van der Waals surface area contributed by atoms with Gasteiger partial charge in [0, 0.05) is 18.7 Å². The Hall–Kier alpha value is -0.780. The molecule has 1 aromatic heterocycles. The van der Waals surface area contributed by atoms with Crippen LogP contribution in [-0.2, 0) is 4.74 Å². The molecule has 82 valence electrons. The third-order valence-electron chi connectivity index (χ3n) is 2.33. The largest absolute Gasteiger partial charge is 0.367 e. The van der Waals surface area contributed by atoms with Crippen molar-refractivity contribution in [2.24, 2.45) is 0 Å². The quantitative estimate of drug-likeness (QED) is 0.525. The van der Waals surface area contributed by atoms with E-state index in [2.05, 4.69) is 22.9 Å². The topological polar surface area (TPSA) is 54.4 Å². The Labute approximate surface area is 94.1 Å². The Morgan fingerprint density at radius 1 is 1.60 bits per heavy atom. The molecule has 4 nitrogen and oxygen atoms in total. The maximum absolute atomic E-state index is 9.60. The molecule has 0 saturated carbocycles. The molecule has 2 heterocycles. The second-order valence-corrected chi connectivity index (χ2v) is 4.34. The number of aromatic nitrogens is 1. The molecule has 1 aliphatic rings. The fourth-order valence-electron chi connectivity index (χ4n) is 1.63. The van der Waals surface area contributed by atoms with Gasteiger partial charge < -0.3 is 15.2 Å². The molecule has 0 aromatic carbocycles. The number of nitrogens with zero attached hydrogens (tertiary/aromatic N) is 1. The van der Waals surface area contributed by atoms with Gasteiger partial charge in [-0.15, -0.1) is 12.6 Å². The van der Waals surface area contributed by atoms with E-state index in [0.29, 0.717) is 13.0 Å². The number of rotatable bonds is 2. The Morgan fingerprint density at radius 3 is 3.13 bits per heavy atom. The van der Waals surface area contributed by atoms with Gasteiger partial charge in [0.1, 0.15) is 5.82 Å². The van der Waals surface area contributed by atoms with Crippen LogP contribution in [0.15, 0.2) is 24.4 Å². The van der Waals surface area contributed by atoms with Crippen molar-refractivity contribution in [1.29, 1.82) is 0 Å². The minimum Gasteiger partial charge on any atom is -0.367 e. The van der Waals surface area contributed by atoms with Crippen LogP contribution in [0.1, 0.15) is 12.8 Å². The Morgan fingerprint density at radius 2 is 2.47 bits per heavy atom. The maximum Gasteiger partial charge on any atom is 0.214 e. The van der Waals surface area contributed by atoms with Gasteiger partial charge in [0.25, 0.3) is 0 Å². The molecule has 5 heteroatoms. The third kappa shape index (κ3) is 3.09. The average molecular weight is 226 g/mol. The predicted octanol–water partition coefficient (Wildman–Crippen LogP) is 1.25. The molecule has 2 unspecified atom stereocenters. The first-order chi connectivity index (χ1) is 7.16. The van der Waals surface area contributed by atoms with Crippen LogP contribution in [0.4, 0.5) is 5.82 Å². The Balaban J connectivity index is 1.95. The van der Waals surface area contributed by atoms with Crippen LogP contribution in [0, 0.1) is 0 Å². The van der Waals surface area contributed by atoms with Gasteiger partial charge in [-0.2, -0.15) is 0 Å². The molecular formula is C10H14N2O2S. The van der Waals surface area contributed by atoms with Crippen molar-refractivity contribution in [3.63, 3.8) is 0 Å². The van der Waals surface area contributed by atoms with E-state index in [-0.39, 0.29) is 6.04 Å². The summed E-state index contributed by atoms with van der Waals surface area (Å²) < 4.78 is 5.09. The van der Waals surface area contributed by atoms with Crippen LogP contribution >= 0.6 is 12.6 Å². The second-order valence-electron chi connectivity index (χ2n) is 3.64. The highest BCUT2D eigenvalue weighted by Crippen LogP contribution is 2.27. The van der Waals surface area contributed by atoms with E-state index in [9.17, 15) is 5.11 Å². The van der Waals surface area contributed by atoms with Crippen LogP contribution < -0.4 is 5.32 Å². The van der Waals surface area contributed by atoms with Crippen molar-refractivity contribution in [1.82, 2.24) is 4.98 Å². The van der Waals surface area contributed by atoms with E-state index in [1.165, 1.54) is 0 Å². The van der Waals surface area contributed by atoms with Crippen LogP contribution in [0.3, 0.4) is 0 Å². The zero-order valence-electron chi connectivity index (χ0n) is 8.26. The van der Waals surface area contributed by atoms with Gasteiger partial charge in [0.15, 0.2) is 0 Å². The number of hydrogen-bond acceptors (Lipinski definition) is 5. The van der Waals surface area contributed by atoms with Gasteiger partial charge >= 0.3 is 0 Å². The highest BCUT2D eigenvalue weighted by Gasteiger charge is 2.31. The first kappa shape index (κ1) is 10.7. The molecule has 0 radical (unpaired) electrons. The van der Waals surface area contributed by atoms with E-state index in [0.717, 1.165) is 12.2 Å². The number of anilines is 1. The summed E-state index contributed by atoms with van der Waals surface area (Å²) in [6, 6.07) is 5.83.